The second-order valence-corrected chi connectivity index (χ2v) is 21.4. The number of amides is 2. The van der Waals surface area contributed by atoms with Gasteiger partial charge in [0.2, 0.25) is 11.6 Å². The zero-order valence-corrected chi connectivity index (χ0v) is 49.7. The number of nitrogens with one attached hydrogen (secondary N) is 2. The third kappa shape index (κ3) is 22.2. The zero-order chi connectivity index (χ0) is 64.6. The SMILES string of the molecule is C.CCOC(=O)[C@H](C)C[C@H](N)Cc1ccc(-c2ccccc2)cc1.C[C@H](C[C@@H](Cc1ccc(-c2ccccc2)cc1)NC(=O)c1cc(N)nc(C(=O)O)n1)C(=O)O.C[C@H](C[C@@H](Cc1ccc(-c2ccccc2)cc1)NC(=O)c1nc(N)cc(C(=O)O)n1)C(=O)O. The van der Waals surface area contributed by atoms with Gasteiger partial charge in [0, 0.05) is 30.3 Å². The molecule has 2 heterocycles. The number of hydrogen-bond acceptors (Lipinski definition) is 15. The van der Waals surface area contributed by atoms with Gasteiger partial charge in [0.05, 0.1) is 24.4 Å². The maximum atomic E-state index is 12.8. The summed E-state index contributed by atoms with van der Waals surface area (Å²) in [4.78, 5) is 97.2. The van der Waals surface area contributed by atoms with Crippen LogP contribution in [-0.2, 0) is 38.4 Å². The largest absolute Gasteiger partial charge is 0.481 e. The predicted octanol–water partition coefficient (Wildman–Crippen LogP) is 10.2. The number of benzene rings is 6. The molecule has 2 aromatic heterocycles. The summed E-state index contributed by atoms with van der Waals surface area (Å²) in [6.45, 7) is 7.22. The molecule has 21 heteroatoms. The van der Waals surface area contributed by atoms with Gasteiger partial charge in [-0.3, -0.25) is 24.0 Å². The number of esters is 1. The molecule has 0 fully saturated rings. The van der Waals surface area contributed by atoms with Crippen LogP contribution in [0.25, 0.3) is 33.4 Å². The number of nitrogen functional groups attached to an aromatic ring is 2. The van der Waals surface area contributed by atoms with Crippen LogP contribution in [-0.4, -0.2) is 107 Å². The van der Waals surface area contributed by atoms with E-state index in [1.54, 1.807) is 13.8 Å². The molecule has 2 amide bonds. The maximum absolute atomic E-state index is 12.8. The molecule has 12 N–H and O–H groups in total. The number of hydrogen-bond donors (Lipinski definition) is 9. The fourth-order valence-electron chi connectivity index (χ4n) is 9.49. The summed E-state index contributed by atoms with van der Waals surface area (Å²) in [5, 5.41) is 42.4. The molecule has 0 bridgehead atoms. The van der Waals surface area contributed by atoms with E-state index in [2.05, 4.69) is 67.0 Å². The number of rotatable bonds is 25. The van der Waals surface area contributed by atoms with E-state index in [9.17, 15) is 43.8 Å². The Labute approximate surface area is 522 Å². The van der Waals surface area contributed by atoms with Crippen LogP contribution >= 0.6 is 0 Å². The van der Waals surface area contributed by atoms with Crippen molar-refractivity contribution in [1.82, 2.24) is 30.6 Å². The standard InChI is InChI=1S/2C24H24N4O5.C20H25NO2.CH4/c1-14(23(30)31)11-18(26-22(29)21-27-19(24(32)33)13-20(25)28-21)12-15-7-9-17(10-8-15)16-5-3-2-4-6-16;1-14(23(30)31)11-18(26-22(29)19-13-20(25)28-21(27-19)24(32)33)12-15-7-9-17(10-8-15)16-5-3-2-4-6-16;1-3-23-20(22)15(2)13-19(21)14-16-9-11-18(12-10-16)17-7-5-4-6-8-17;/h2*2-10,13-14,18H,11-12H2,1H3,(H,26,29)(H,30,31)(H,32,33)(H2,25,27,28);4-12,15,19H,3,13-14,21H2,1-2H3;1H4/t2*14-,18+;15-,19+;/m111./s1. The smallest absolute Gasteiger partial charge is 0.374 e. The number of carboxylic acid groups (broad SMARTS) is 4. The lowest BCUT2D eigenvalue weighted by molar-refractivity contribution is -0.148. The van der Waals surface area contributed by atoms with Crippen LogP contribution in [0.1, 0.15) is 113 Å². The van der Waals surface area contributed by atoms with Gasteiger partial charge in [0.1, 0.15) is 17.3 Å². The predicted molar refractivity (Wildman–Crippen MR) is 344 cm³/mol. The molecule has 8 aromatic rings. The number of carbonyl (C=O) groups excluding carboxylic acids is 3. The van der Waals surface area contributed by atoms with Crippen LogP contribution in [0.3, 0.4) is 0 Å². The van der Waals surface area contributed by atoms with E-state index in [0.717, 1.165) is 45.9 Å². The number of nitrogens with two attached hydrogens (primary N) is 3. The maximum Gasteiger partial charge on any atom is 0.374 e. The highest BCUT2D eigenvalue weighted by molar-refractivity contribution is 5.95. The van der Waals surface area contributed by atoms with Crippen molar-refractivity contribution in [3.63, 3.8) is 0 Å². The molecule has 0 saturated carbocycles. The molecule has 0 spiro atoms. The fraction of sp³-hybridized carbons (Fsp3) is 0.261. The molecular weight excluding hydrogens is 1150 g/mol. The molecular formula is C69H77N9O12. The highest BCUT2D eigenvalue weighted by Crippen LogP contribution is 2.24. The summed E-state index contributed by atoms with van der Waals surface area (Å²) in [6.07, 6.45) is 2.48. The number of carboxylic acids is 4. The summed E-state index contributed by atoms with van der Waals surface area (Å²) in [6, 6.07) is 55.1. The second-order valence-electron chi connectivity index (χ2n) is 21.4. The second kappa shape index (κ2) is 34.6. The van der Waals surface area contributed by atoms with Crippen molar-refractivity contribution in [2.24, 2.45) is 23.5 Å². The molecule has 470 valence electrons. The van der Waals surface area contributed by atoms with Crippen LogP contribution < -0.4 is 27.8 Å². The van der Waals surface area contributed by atoms with Crippen LogP contribution in [0.15, 0.2) is 176 Å². The Morgan fingerprint density at radius 2 is 0.800 bits per heavy atom. The zero-order valence-electron chi connectivity index (χ0n) is 49.7. The van der Waals surface area contributed by atoms with Crippen molar-refractivity contribution in [3.05, 3.63) is 216 Å². The Bertz CT molecular complexity index is 3470. The van der Waals surface area contributed by atoms with E-state index in [4.69, 9.17) is 32.2 Å². The number of aliphatic carboxylic acids is 2. The summed E-state index contributed by atoms with van der Waals surface area (Å²) >= 11 is 0. The van der Waals surface area contributed by atoms with Gasteiger partial charge in [-0.15, -0.1) is 0 Å². The van der Waals surface area contributed by atoms with Crippen LogP contribution in [0.4, 0.5) is 11.6 Å². The van der Waals surface area contributed by atoms with Crippen molar-refractivity contribution in [2.75, 3.05) is 18.1 Å². The van der Waals surface area contributed by atoms with Gasteiger partial charge >= 0.3 is 29.8 Å². The van der Waals surface area contributed by atoms with Crippen molar-refractivity contribution in [2.45, 2.75) is 91.8 Å². The molecule has 6 atom stereocenters. The highest BCUT2D eigenvalue weighted by atomic mass is 16.5. The Hall–Kier alpha value is -10.7. The molecule has 0 aliphatic carbocycles. The molecule has 21 nitrogen and oxygen atoms in total. The summed E-state index contributed by atoms with van der Waals surface area (Å²) < 4.78 is 5.02. The molecule has 0 unspecified atom stereocenters. The Kier molecular flexibility index (Phi) is 27.0. The van der Waals surface area contributed by atoms with E-state index in [1.165, 1.54) is 22.8 Å². The third-order valence-electron chi connectivity index (χ3n) is 14.1. The van der Waals surface area contributed by atoms with Gasteiger partial charge < -0.3 is 53.0 Å². The average Bonchev–Trinajstić information content (AvgIpc) is 1.52. The van der Waals surface area contributed by atoms with E-state index < -0.39 is 71.1 Å². The topological polar surface area (TPSA) is 363 Å². The molecule has 0 radical (unpaired) electrons. The molecule has 8 rings (SSSR count). The molecule has 0 aliphatic heterocycles. The number of nitrogens with zero attached hydrogens (tertiary/aromatic N) is 4. The normalized spacial score (nSPS) is 12.6. The third-order valence-corrected chi connectivity index (χ3v) is 14.1. The van der Waals surface area contributed by atoms with Crippen LogP contribution in [0.5, 0.6) is 0 Å². The van der Waals surface area contributed by atoms with Gasteiger partial charge in [0.25, 0.3) is 11.8 Å². The lowest BCUT2D eigenvalue weighted by Gasteiger charge is -2.21. The van der Waals surface area contributed by atoms with E-state index in [0.29, 0.717) is 25.9 Å². The van der Waals surface area contributed by atoms with E-state index >= 15 is 0 Å². The fourth-order valence-corrected chi connectivity index (χ4v) is 9.49. The quantitative estimate of drug-likeness (QED) is 0.0240. The van der Waals surface area contributed by atoms with Crippen molar-refractivity contribution in [1.29, 1.82) is 0 Å². The number of anilines is 2. The van der Waals surface area contributed by atoms with Gasteiger partial charge in [-0.05, 0) is 95.5 Å². The van der Waals surface area contributed by atoms with Crippen LogP contribution in [0, 0.1) is 17.8 Å². The summed E-state index contributed by atoms with van der Waals surface area (Å²) in [7, 11) is 0. The highest BCUT2D eigenvalue weighted by Gasteiger charge is 2.26. The first kappa shape index (κ1) is 70.1. The number of aromatic nitrogens is 4. The monoisotopic (exact) mass is 1220 g/mol. The Morgan fingerprint density at radius 3 is 1.18 bits per heavy atom. The van der Waals surface area contributed by atoms with Crippen molar-refractivity contribution in [3.8, 4) is 33.4 Å². The summed E-state index contributed by atoms with van der Waals surface area (Å²) in [5.41, 5.74) is 26.4. The Morgan fingerprint density at radius 1 is 0.444 bits per heavy atom. The van der Waals surface area contributed by atoms with Gasteiger partial charge in [-0.2, -0.15) is 0 Å². The molecule has 6 aromatic carbocycles. The lowest BCUT2D eigenvalue weighted by atomic mass is 9.95. The number of ether oxygens (including phenoxy) is 1. The molecule has 0 aliphatic rings. The van der Waals surface area contributed by atoms with Crippen molar-refractivity contribution >= 4 is 53.3 Å². The first-order valence-electron chi connectivity index (χ1n) is 28.7. The molecule has 0 saturated heterocycles. The Balaban J connectivity index is 0.000000249. The average molecular weight is 1220 g/mol. The number of aromatic carboxylic acids is 2. The minimum absolute atomic E-state index is 0. The minimum atomic E-state index is -1.41. The first-order chi connectivity index (χ1) is 42.5. The van der Waals surface area contributed by atoms with Gasteiger partial charge in [0.15, 0.2) is 5.69 Å². The molecule has 90 heavy (non-hydrogen) atoms. The van der Waals surface area contributed by atoms with E-state index in [1.807, 2.05) is 141 Å². The van der Waals surface area contributed by atoms with Crippen molar-refractivity contribution < 1.29 is 58.7 Å². The van der Waals surface area contributed by atoms with Gasteiger partial charge in [-0.1, -0.05) is 192 Å². The summed E-state index contributed by atoms with van der Waals surface area (Å²) in [5.74, 6) is -9.13. The number of carbonyl (C=O) groups is 7. The van der Waals surface area contributed by atoms with Crippen LogP contribution in [0.2, 0.25) is 0 Å². The minimum Gasteiger partial charge on any atom is -0.481 e. The first-order valence-corrected chi connectivity index (χ1v) is 28.7. The van der Waals surface area contributed by atoms with Gasteiger partial charge in [-0.25, -0.2) is 29.5 Å². The lowest BCUT2D eigenvalue weighted by Crippen LogP contribution is -2.39. The van der Waals surface area contributed by atoms with E-state index in [-0.39, 0.29) is 61.4 Å².